The minimum atomic E-state index is -4.76. The van der Waals surface area contributed by atoms with Gasteiger partial charge in [0.05, 0.1) is 12.0 Å². The Bertz CT molecular complexity index is 925. The third-order valence-corrected chi connectivity index (χ3v) is 5.73. The molecule has 1 aliphatic heterocycles. The second-order valence-corrected chi connectivity index (χ2v) is 7.88. The molecule has 0 aromatic heterocycles. The number of rotatable bonds is 8. The molecule has 0 radical (unpaired) electrons. The molecule has 1 amide bonds. The summed E-state index contributed by atoms with van der Waals surface area (Å²) in [7, 11) is 0. The molecule has 1 aliphatic rings. The normalized spacial score (nSPS) is 16.1. The molecule has 2 aromatic rings. The highest BCUT2D eigenvalue weighted by Crippen LogP contribution is 2.37. The number of piperidine rings is 1. The van der Waals surface area contributed by atoms with Crippen LogP contribution in [-0.4, -0.2) is 49.4 Å². The van der Waals surface area contributed by atoms with E-state index in [2.05, 4.69) is 15.0 Å². The molecule has 1 heterocycles. The van der Waals surface area contributed by atoms with Gasteiger partial charge < -0.3 is 19.7 Å². The van der Waals surface area contributed by atoms with Crippen molar-refractivity contribution >= 4 is 17.6 Å². The maximum Gasteiger partial charge on any atom is 0.573 e. The number of carbonyl (C=O) groups excluding carboxylic acids is 2. The van der Waals surface area contributed by atoms with Crippen molar-refractivity contribution in [1.29, 1.82) is 0 Å². The minimum Gasteiger partial charge on any atom is -0.465 e. The van der Waals surface area contributed by atoms with Gasteiger partial charge in [0.15, 0.2) is 0 Å². The number of hydrogen-bond acceptors (Lipinski definition) is 5. The number of halogens is 3. The number of hydrogen-bond donors (Lipinski definition) is 1. The first kappa shape index (κ1) is 24.6. The Morgan fingerprint density at radius 1 is 1.03 bits per heavy atom. The van der Waals surface area contributed by atoms with E-state index in [1.807, 2.05) is 30.3 Å². The van der Waals surface area contributed by atoms with Gasteiger partial charge in [0.2, 0.25) is 5.91 Å². The molecule has 0 atom stereocenters. The number of nitrogens with one attached hydrogen (secondary N) is 1. The van der Waals surface area contributed by atoms with Crippen LogP contribution in [0, 0.1) is 0 Å². The van der Waals surface area contributed by atoms with Crippen LogP contribution in [0.4, 0.5) is 18.9 Å². The summed E-state index contributed by atoms with van der Waals surface area (Å²) in [6.45, 7) is 3.91. The summed E-state index contributed by atoms with van der Waals surface area (Å²) in [5.74, 6) is -0.811. The van der Waals surface area contributed by atoms with Gasteiger partial charge in [-0.05, 0) is 62.7 Å². The van der Waals surface area contributed by atoms with Crippen molar-refractivity contribution < 1.29 is 32.2 Å². The van der Waals surface area contributed by atoms with Gasteiger partial charge in [-0.15, -0.1) is 13.2 Å². The van der Waals surface area contributed by atoms with Crippen LogP contribution in [0.5, 0.6) is 5.75 Å². The van der Waals surface area contributed by atoms with Crippen molar-refractivity contribution in [3.05, 3.63) is 60.2 Å². The number of likely N-dealkylation sites (tertiary alicyclic amines) is 1. The van der Waals surface area contributed by atoms with Gasteiger partial charge in [-0.3, -0.25) is 9.59 Å². The standard InChI is InChI=1S/C24H27F3N2O4/c1-2-32-22(31)23(18-6-4-3-5-7-18)13-16-29(17-14-23)15-12-21(30)28-19-8-10-20(11-9-19)33-24(25,26)27/h3-11H,2,12-17H2,1H3,(H,28,30). The van der Waals surface area contributed by atoms with Crippen LogP contribution in [0.25, 0.3) is 0 Å². The predicted octanol–water partition coefficient (Wildman–Crippen LogP) is 4.51. The molecule has 9 heteroatoms. The highest BCUT2D eigenvalue weighted by molar-refractivity contribution is 5.90. The average Bonchev–Trinajstić information content (AvgIpc) is 2.79. The first-order chi connectivity index (χ1) is 15.7. The average molecular weight is 464 g/mol. The maximum atomic E-state index is 12.8. The van der Waals surface area contributed by atoms with Gasteiger partial charge in [-0.1, -0.05) is 30.3 Å². The van der Waals surface area contributed by atoms with Crippen LogP contribution < -0.4 is 10.1 Å². The van der Waals surface area contributed by atoms with Crippen LogP contribution >= 0.6 is 0 Å². The lowest BCUT2D eigenvalue weighted by Gasteiger charge is -2.40. The molecule has 1 fully saturated rings. The van der Waals surface area contributed by atoms with Crippen molar-refractivity contribution in [3.8, 4) is 5.75 Å². The topological polar surface area (TPSA) is 67.9 Å². The number of benzene rings is 2. The van der Waals surface area contributed by atoms with Gasteiger partial charge in [0, 0.05) is 18.7 Å². The van der Waals surface area contributed by atoms with E-state index in [0.717, 1.165) is 17.7 Å². The second-order valence-electron chi connectivity index (χ2n) is 7.88. The highest BCUT2D eigenvalue weighted by atomic mass is 19.4. The first-order valence-electron chi connectivity index (χ1n) is 10.8. The number of nitrogens with zero attached hydrogens (tertiary/aromatic N) is 1. The SMILES string of the molecule is CCOC(=O)C1(c2ccccc2)CCN(CCC(=O)Nc2ccc(OC(F)(F)F)cc2)CC1. The Kier molecular flexibility index (Phi) is 7.97. The highest BCUT2D eigenvalue weighted by Gasteiger charge is 2.44. The summed E-state index contributed by atoms with van der Waals surface area (Å²) in [6, 6.07) is 14.6. The quantitative estimate of drug-likeness (QED) is 0.583. The molecule has 0 saturated carbocycles. The minimum absolute atomic E-state index is 0.216. The molecule has 0 unspecified atom stereocenters. The fourth-order valence-electron chi connectivity index (χ4n) is 4.02. The Morgan fingerprint density at radius 2 is 1.67 bits per heavy atom. The van der Waals surface area contributed by atoms with Gasteiger partial charge >= 0.3 is 12.3 Å². The van der Waals surface area contributed by atoms with Crippen molar-refractivity contribution in [2.45, 2.75) is 38.0 Å². The number of alkyl halides is 3. The number of anilines is 1. The lowest BCUT2D eigenvalue weighted by molar-refractivity contribution is -0.274. The summed E-state index contributed by atoms with van der Waals surface area (Å²) < 4.78 is 45.9. The smallest absolute Gasteiger partial charge is 0.465 e. The fourth-order valence-corrected chi connectivity index (χ4v) is 4.02. The zero-order valence-electron chi connectivity index (χ0n) is 18.4. The van der Waals surface area contributed by atoms with Crippen LogP contribution in [0.15, 0.2) is 54.6 Å². The van der Waals surface area contributed by atoms with E-state index in [1.165, 1.54) is 12.1 Å². The molecule has 178 valence electrons. The molecule has 33 heavy (non-hydrogen) atoms. The van der Waals surface area contributed by atoms with E-state index < -0.39 is 11.8 Å². The molecule has 1 N–H and O–H groups in total. The van der Waals surface area contributed by atoms with Crippen molar-refractivity contribution in [2.75, 3.05) is 31.6 Å². The van der Waals surface area contributed by atoms with Gasteiger partial charge in [0.1, 0.15) is 5.75 Å². The number of carbonyl (C=O) groups is 2. The van der Waals surface area contributed by atoms with Gasteiger partial charge in [-0.2, -0.15) is 0 Å². The van der Waals surface area contributed by atoms with Crippen molar-refractivity contribution in [1.82, 2.24) is 4.90 Å². The molecule has 0 spiro atoms. The Labute approximate surface area is 190 Å². The van der Waals surface area contributed by atoms with Crippen molar-refractivity contribution in [2.24, 2.45) is 0 Å². The van der Waals surface area contributed by atoms with Crippen LogP contribution in [0.1, 0.15) is 31.7 Å². The molecular weight excluding hydrogens is 437 g/mol. The maximum absolute atomic E-state index is 12.8. The van der Waals surface area contributed by atoms with E-state index in [-0.39, 0.29) is 24.0 Å². The second kappa shape index (κ2) is 10.7. The molecule has 3 rings (SSSR count). The largest absolute Gasteiger partial charge is 0.573 e. The molecule has 0 aliphatic carbocycles. The van der Waals surface area contributed by atoms with Crippen LogP contribution in [0.2, 0.25) is 0 Å². The third kappa shape index (κ3) is 6.71. The van der Waals surface area contributed by atoms with E-state index in [1.54, 1.807) is 6.92 Å². The third-order valence-electron chi connectivity index (χ3n) is 5.73. The first-order valence-corrected chi connectivity index (χ1v) is 10.8. The number of amides is 1. The summed E-state index contributed by atoms with van der Waals surface area (Å²) in [5.41, 5.74) is 0.647. The number of esters is 1. The molecule has 1 saturated heterocycles. The van der Waals surface area contributed by atoms with Crippen molar-refractivity contribution in [3.63, 3.8) is 0 Å². The van der Waals surface area contributed by atoms with Gasteiger partial charge in [-0.25, -0.2) is 0 Å². The molecule has 0 bridgehead atoms. The van der Waals surface area contributed by atoms with E-state index in [4.69, 9.17) is 4.74 Å². The predicted molar refractivity (Wildman–Crippen MR) is 117 cm³/mol. The fraction of sp³-hybridized carbons (Fsp3) is 0.417. The Hall–Kier alpha value is -3.07. The van der Waals surface area contributed by atoms with Gasteiger partial charge in [0.25, 0.3) is 0 Å². The number of ether oxygens (including phenoxy) is 2. The summed E-state index contributed by atoms with van der Waals surface area (Å²) >= 11 is 0. The zero-order chi connectivity index (χ0) is 23.9. The Morgan fingerprint density at radius 3 is 2.24 bits per heavy atom. The monoisotopic (exact) mass is 464 g/mol. The van der Waals surface area contributed by atoms with Crippen LogP contribution in [-0.2, 0) is 19.7 Å². The summed E-state index contributed by atoms with van der Waals surface area (Å²) in [6.07, 6.45) is -3.35. The lowest BCUT2D eigenvalue weighted by atomic mass is 9.72. The van der Waals surface area contributed by atoms with E-state index in [0.29, 0.717) is 44.8 Å². The van der Waals surface area contributed by atoms with E-state index >= 15 is 0 Å². The zero-order valence-corrected chi connectivity index (χ0v) is 18.4. The van der Waals surface area contributed by atoms with Crippen LogP contribution in [0.3, 0.4) is 0 Å². The summed E-state index contributed by atoms with van der Waals surface area (Å²) in [5, 5.41) is 2.67. The van der Waals surface area contributed by atoms with E-state index in [9.17, 15) is 22.8 Å². The molecular formula is C24H27F3N2O4. The lowest BCUT2D eigenvalue weighted by Crippen LogP contribution is -2.48. The molecule has 2 aromatic carbocycles. The Balaban J connectivity index is 1.51. The molecule has 6 nitrogen and oxygen atoms in total. The summed E-state index contributed by atoms with van der Waals surface area (Å²) in [4.78, 5) is 27.2.